The van der Waals surface area contributed by atoms with Crippen molar-refractivity contribution in [3.05, 3.63) is 41.2 Å². The van der Waals surface area contributed by atoms with Crippen molar-refractivity contribution >= 4 is 12.0 Å². The number of aromatic nitrogens is 2. The van der Waals surface area contributed by atoms with Crippen molar-refractivity contribution in [1.82, 2.24) is 20.2 Å². The molecule has 7 nitrogen and oxygen atoms in total. The standard InChI is InChI=1S/C19H24N4O3/c1-11(2)12(3)20-19(26)23-9-8-15-16(10-23)22-17(21-15)13-4-6-14(7-5-13)18(24)25/h4-7,11-12H,8-10H2,1-3H3,(H,20,26)(H,21,22)(H,24,25)/t12-/m1/s1. The fourth-order valence-electron chi connectivity index (χ4n) is 2.83. The van der Waals surface area contributed by atoms with Crippen LogP contribution in [0.2, 0.25) is 0 Å². The first-order valence-electron chi connectivity index (χ1n) is 8.82. The first kappa shape index (κ1) is 18.0. The number of benzene rings is 1. The lowest BCUT2D eigenvalue weighted by molar-refractivity contribution is 0.0697. The Morgan fingerprint density at radius 3 is 2.54 bits per heavy atom. The lowest BCUT2D eigenvalue weighted by atomic mass is 10.1. The molecule has 26 heavy (non-hydrogen) atoms. The summed E-state index contributed by atoms with van der Waals surface area (Å²) in [5, 5.41) is 12.0. The Balaban J connectivity index is 1.72. The number of carboxylic acids is 1. The number of hydrogen-bond acceptors (Lipinski definition) is 3. The van der Waals surface area contributed by atoms with Crippen LogP contribution in [-0.4, -0.2) is 44.6 Å². The van der Waals surface area contributed by atoms with Gasteiger partial charge in [0.25, 0.3) is 0 Å². The highest BCUT2D eigenvalue weighted by atomic mass is 16.4. The Bertz CT molecular complexity index is 811. The third-order valence-electron chi connectivity index (χ3n) is 4.88. The topological polar surface area (TPSA) is 98.3 Å². The normalized spacial score (nSPS) is 14.8. The predicted molar refractivity (Wildman–Crippen MR) is 97.9 cm³/mol. The molecule has 0 unspecified atom stereocenters. The molecule has 2 amide bonds. The van der Waals surface area contributed by atoms with Gasteiger partial charge >= 0.3 is 12.0 Å². The van der Waals surface area contributed by atoms with E-state index in [1.807, 2.05) is 6.92 Å². The third kappa shape index (κ3) is 3.71. The van der Waals surface area contributed by atoms with Gasteiger partial charge < -0.3 is 20.3 Å². The molecule has 1 aliphatic rings. The minimum Gasteiger partial charge on any atom is -0.478 e. The summed E-state index contributed by atoms with van der Waals surface area (Å²) in [6, 6.07) is 6.66. The van der Waals surface area contributed by atoms with Gasteiger partial charge in [0.1, 0.15) is 5.82 Å². The van der Waals surface area contributed by atoms with Crippen LogP contribution in [0.25, 0.3) is 11.4 Å². The Hall–Kier alpha value is -2.83. The van der Waals surface area contributed by atoms with Crippen molar-refractivity contribution in [3.8, 4) is 11.4 Å². The second-order valence-corrected chi connectivity index (χ2v) is 7.05. The maximum absolute atomic E-state index is 12.4. The zero-order chi connectivity index (χ0) is 18.8. The van der Waals surface area contributed by atoms with Gasteiger partial charge in [0.2, 0.25) is 0 Å². The number of nitrogens with one attached hydrogen (secondary N) is 2. The van der Waals surface area contributed by atoms with E-state index in [0.717, 1.165) is 17.0 Å². The highest BCUT2D eigenvalue weighted by molar-refractivity contribution is 5.88. The summed E-state index contributed by atoms with van der Waals surface area (Å²) >= 11 is 0. The number of imidazole rings is 1. The maximum Gasteiger partial charge on any atom is 0.335 e. The van der Waals surface area contributed by atoms with E-state index in [9.17, 15) is 9.59 Å². The van der Waals surface area contributed by atoms with Crippen LogP contribution in [-0.2, 0) is 13.0 Å². The molecule has 1 aliphatic heterocycles. The molecule has 1 atom stereocenters. The number of aromatic carboxylic acids is 1. The van der Waals surface area contributed by atoms with Crippen molar-refractivity contribution in [2.24, 2.45) is 5.92 Å². The van der Waals surface area contributed by atoms with Gasteiger partial charge in [-0.3, -0.25) is 0 Å². The molecule has 0 saturated carbocycles. The van der Waals surface area contributed by atoms with Crippen LogP contribution in [0.15, 0.2) is 24.3 Å². The molecule has 2 heterocycles. The van der Waals surface area contributed by atoms with Crippen LogP contribution in [0.5, 0.6) is 0 Å². The van der Waals surface area contributed by atoms with Crippen molar-refractivity contribution in [2.75, 3.05) is 6.54 Å². The van der Waals surface area contributed by atoms with Crippen LogP contribution >= 0.6 is 0 Å². The van der Waals surface area contributed by atoms with Crippen molar-refractivity contribution in [3.63, 3.8) is 0 Å². The van der Waals surface area contributed by atoms with Crippen LogP contribution in [0.3, 0.4) is 0 Å². The van der Waals surface area contributed by atoms with Gasteiger partial charge in [0.05, 0.1) is 23.5 Å². The monoisotopic (exact) mass is 356 g/mol. The first-order valence-corrected chi connectivity index (χ1v) is 8.82. The smallest absolute Gasteiger partial charge is 0.335 e. The summed E-state index contributed by atoms with van der Waals surface area (Å²) in [4.78, 5) is 33.1. The molecule has 0 saturated heterocycles. The summed E-state index contributed by atoms with van der Waals surface area (Å²) in [7, 11) is 0. The van der Waals surface area contributed by atoms with Crippen molar-refractivity contribution < 1.29 is 14.7 Å². The van der Waals surface area contributed by atoms with Crippen LogP contribution in [0.1, 0.15) is 42.5 Å². The number of H-pyrrole nitrogens is 1. The molecule has 1 aromatic heterocycles. The molecule has 2 aromatic rings. The molecular formula is C19H24N4O3. The van der Waals surface area contributed by atoms with E-state index in [1.165, 1.54) is 0 Å². The highest BCUT2D eigenvalue weighted by Crippen LogP contribution is 2.23. The van der Waals surface area contributed by atoms with E-state index in [1.54, 1.807) is 29.2 Å². The summed E-state index contributed by atoms with van der Waals surface area (Å²) in [5.74, 6) is 0.129. The number of urea groups is 1. The molecule has 0 bridgehead atoms. The zero-order valence-corrected chi connectivity index (χ0v) is 15.2. The van der Waals surface area contributed by atoms with Gasteiger partial charge in [0.15, 0.2) is 0 Å². The molecule has 0 aliphatic carbocycles. The quantitative estimate of drug-likeness (QED) is 0.784. The molecule has 7 heteroatoms. The third-order valence-corrected chi connectivity index (χ3v) is 4.88. The fourth-order valence-corrected chi connectivity index (χ4v) is 2.83. The van der Waals surface area contributed by atoms with Crippen molar-refractivity contribution in [1.29, 1.82) is 0 Å². The molecule has 0 spiro atoms. The van der Waals surface area contributed by atoms with Crippen LogP contribution in [0, 0.1) is 5.92 Å². The van der Waals surface area contributed by atoms with E-state index in [2.05, 4.69) is 29.1 Å². The number of amides is 2. The molecule has 3 rings (SSSR count). The number of carbonyl (C=O) groups excluding carboxylic acids is 1. The number of hydrogen-bond donors (Lipinski definition) is 3. The van der Waals surface area contributed by atoms with Gasteiger partial charge in [0, 0.05) is 24.6 Å². The first-order chi connectivity index (χ1) is 12.3. The molecule has 0 radical (unpaired) electrons. The van der Waals surface area contributed by atoms with Gasteiger partial charge in [-0.25, -0.2) is 14.6 Å². The maximum atomic E-state index is 12.4. The minimum atomic E-state index is -0.951. The van der Waals surface area contributed by atoms with E-state index in [0.29, 0.717) is 31.3 Å². The van der Waals surface area contributed by atoms with Gasteiger partial charge in [-0.2, -0.15) is 0 Å². The molecule has 138 valence electrons. The lowest BCUT2D eigenvalue weighted by Gasteiger charge is -2.28. The molecule has 3 N–H and O–H groups in total. The second kappa shape index (κ2) is 7.19. The Morgan fingerprint density at radius 1 is 1.23 bits per heavy atom. The number of fused-ring (bicyclic) bond motifs is 1. The average Bonchev–Trinajstić information content (AvgIpc) is 3.04. The van der Waals surface area contributed by atoms with E-state index in [-0.39, 0.29) is 17.6 Å². The number of carboxylic acid groups (broad SMARTS) is 1. The van der Waals surface area contributed by atoms with Gasteiger partial charge in [-0.15, -0.1) is 0 Å². The average molecular weight is 356 g/mol. The van der Waals surface area contributed by atoms with Crippen LogP contribution < -0.4 is 5.32 Å². The van der Waals surface area contributed by atoms with E-state index in [4.69, 9.17) is 5.11 Å². The van der Waals surface area contributed by atoms with Gasteiger partial charge in [-0.05, 0) is 25.0 Å². The molecule has 1 aromatic carbocycles. The SMILES string of the molecule is CC(C)[C@@H](C)NC(=O)N1CCc2nc(-c3ccc(C(=O)O)cc3)[nH]c2C1. The summed E-state index contributed by atoms with van der Waals surface area (Å²) in [6.07, 6.45) is 0.697. The number of aromatic amines is 1. The van der Waals surface area contributed by atoms with Crippen LogP contribution in [0.4, 0.5) is 4.79 Å². The number of rotatable bonds is 4. The number of carbonyl (C=O) groups is 2. The molecule has 0 fully saturated rings. The summed E-state index contributed by atoms with van der Waals surface area (Å²) in [6.45, 7) is 7.29. The Labute approximate surface area is 152 Å². The Kier molecular flexibility index (Phi) is 4.97. The summed E-state index contributed by atoms with van der Waals surface area (Å²) in [5.41, 5.74) is 2.96. The predicted octanol–water partition coefficient (Wildman–Crippen LogP) is 2.89. The minimum absolute atomic E-state index is 0.0567. The zero-order valence-electron chi connectivity index (χ0n) is 15.2. The Morgan fingerprint density at radius 2 is 1.92 bits per heavy atom. The molecular weight excluding hydrogens is 332 g/mol. The largest absolute Gasteiger partial charge is 0.478 e. The number of nitrogens with zero attached hydrogens (tertiary/aromatic N) is 2. The lowest BCUT2D eigenvalue weighted by Crippen LogP contribution is -2.47. The van der Waals surface area contributed by atoms with Gasteiger partial charge in [-0.1, -0.05) is 26.0 Å². The second-order valence-electron chi connectivity index (χ2n) is 7.05. The summed E-state index contributed by atoms with van der Waals surface area (Å²) < 4.78 is 0. The fraction of sp³-hybridized carbons (Fsp3) is 0.421. The highest BCUT2D eigenvalue weighted by Gasteiger charge is 2.25. The van der Waals surface area contributed by atoms with E-state index >= 15 is 0 Å². The van der Waals surface area contributed by atoms with Crippen molar-refractivity contribution in [2.45, 2.75) is 39.8 Å². The van der Waals surface area contributed by atoms with E-state index < -0.39 is 5.97 Å².